The molecule has 1 fully saturated rings. The summed E-state index contributed by atoms with van der Waals surface area (Å²) in [6.07, 6.45) is 2.38. The number of methoxy groups -OCH3 is 1. The third kappa shape index (κ3) is 7.63. The molecule has 3 aromatic carbocycles. The lowest BCUT2D eigenvalue weighted by Gasteiger charge is -2.33. The molecule has 7 rings (SSSR count). The van der Waals surface area contributed by atoms with Gasteiger partial charge in [-0.15, -0.1) is 0 Å². The van der Waals surface area contributed by atoms with Crippen LogP contribution in [-0.4, -0.2) is 79.2 Å². The van der Waals surface area contributed by atoms with E-state index in [2.05, 4.69) is 69.7 Å². The molecule has 56 heavy (non-hydrogen) atoms. The summed E-state index contributed by atoms with van der Waals surface area (Å²) in [5.74, 6) is 2.20. The van der Waals surface area contributed by atoms with Crippen LogP contribution in [0.1, 0.15) is 91.5 Å². The third-order valence-corrected chi connectivity index (χ3v) is 10.9. The van der Waals surface area contributed by atoms with Crippen LogP contribution in [0.15, 0.2) is 48.7 Å². The van der Waals surface area contributed by atoms with Gasteiger partial charge in [-0.25, -0.2) is 19.6 Å². The Morgan fingerprint density at radius 2 is 1.86 bits per heavy atom. The molecular formula is C43H53N7O6. The lowest BCUT2D eigenvalue weighted by molar-refractivity contribution is -0.137. The topological polar surface area (TPSA) is 155 Å². The van der Waals surface area contributed by atoms with Crippen molar-refractivity contribution in [2.45, 2.75) is 105 Å². The van der Waals surface area contributed by atoms with Crippen molar-refractivity contribution in [3.8, 4) is 28.1 Å². The molecule has 3 amide bonds. The number of amides is 3. The number of nitrogens with one attached hydrogen (secondary N) is 3. The number of hydrogen-bond donors (Lipinski definition) is 3. The van der Waals surface area contributed by atoms with Crippen LogP contribution >= 0.6 is 0 Å². The van der Waals surface area contributed by atoms with Crippen molar-refractivity contribution in [3.05, 3.63) is 65.9 Å². The van der Waals surface area contributed by atoms with Crippen LogP contribution < -0.4 is 10.1 Å². The van der Waals surface area contributed by atoms with E-state index in [1.807, 2.05) is 48.5 Å². The Balaban J connectivity index is 1.13. The zero-order valence-electron chi connectivity index (χ0n) is 33.8. The van der Waals surface area contributed by atoms with Crippen LogP contribution in [0.3, 0.4) is 0 Å². The van der Waals surface area contributed by atoms with Crippen LogP contribution in [0, 0.1) is 11.8 Å². The van der Waals surface area contributed by atoms with E-state index in [0.29, 0.717) is 24.9 Å². The second-order valence-electron chi connectivity index (χ2n) is 16.6. The summed E-state index contributed by atoms with van der Waals surface area (Å²) in [6, 6.07) is 13.7. The first-order valence-electron chi connectivity index (χ1n) is 19.5. The molecule has 0 bridgehead atoms. The van der Waals surface area contributed by atoms with Crippen molar-refractivity contribution >= 4 is 39.9 Å². The molecule has 13 nitrogen and oxygen atoms in total. The zero-order chi connectivity index (χ0) is 40.1. The number of alkyl carbamates (subject to hydrolysis) is 1. The highest BCUT2D eigenvalue weighted by Gasteiger charge is 2.38. The van der Waals surface area contributed by atoms with Gasteiger partial charge in [-0.3, -0.25) is 9.69 Å². The van der Waals surface area contributed by atoms with E-state index >= 15 is 0 Å². The largest absolute Gasteiger partial charge is 0.488 e. The molecule has 4 heterocycles. The molecule has 0 saturated carbocycles. The van der Waals surface area contributed by atoms with Gasteiger partial charge in [-0.1, -0.05) is 45.9 Å². The van der Waals surface area contributed by atoms with Gasteiger partial charge in [0.2, 0.25) is 5.91 Å². The minimum absolute atomic E-state index is 0.0781. The van der Waals surface area contributed by atoms with Crippen LogP contribution in [0.2, 0.25) is 0 Å². The van der Waals surface area contributed by atoms with Crippen LogP contribution in [0.4, 0.5) is 9.59 Å². The number of fused-ring (bicyclic) bond motifs is 6. The van der Waals surface area contributed by atoms with Gasteiger partial charge in [0.15, 0.2) is 0 Å². The number of carbonyl (C=O) groups is 3. The lowest BCUT2D eigenvalue weighted by atomic mass is 9.92. The summed E-state index contributed by atoms with van der Waals surface area (Å²) in [6.45, 7) is 16.9. The zero-order valence-corrected chi connectivity index (χ0v) is 33.8. The number of benzene rings is 3. The third-order valence-electron chi connectivity index (χ3n) is 10.9. The van der Waals surface area contributed by atoms with Crippen molar-refractivity contribution in [2.24, 2.45) is 11.8 Å². The second-order valence-corrected chi connectivity index (χ2v) is 16.6. The average Bonchev–Trinajstić information content (AvgIpc) is 3.92. The number of aromatic nitrogens is 4. The molecule has 0 spiro atoms. The number of H-pyrrole nitrogens is 2. The highest BCUT2D eigenvalue weighted by molar-refractivity contribution is 6.07. The van der Waals surface area contributed by atoms with E-state index in [1.165, 1.54) is 7.11 Å². The van der Waals surface area contributed by atoms with E-state index in [0.717, 1.165) is 74.2 Å². The Morgan fingerprint density at radius 1 is 1.07 bits per heavy atom. The van der Waals surface area contributed by atoms with Gasteiger partial charge in [-0.2, -0.15) is 0 Å². The molecule has 2 aliphatic rings. The lowest BCUT2D eigenvalue weighted by Crippen LogP contribution is -2.53. The molecule has 3 N–H and O–H groups in total. The van der Waals surface area contributed by atoms with Gasteiger partial charge in [0.25, 0.3) is 0 Å². The predicted octanol–water partition coefficient (Wildman–Crippen LogP) is 8.49. The van der Waals surface area contributed by atoms with Crippen molar-refractivity contribution < 1.29 is 28.6 Å². The van der Waals surface area contributed by atoms with Crippen LogP contribution in [-0.2, 0) is 27.4 Å². The molecule has 13 heteroatoms. The number of likely N-dealkylation sites (tertiary alicyclic amines) is 1. The minimum Gasteiger partial charge on any atom is -0.488 e. The molecule has 4 atom stereocenters. The number of nitrogens with zero attached hydrogens (tertiary/aromatic N) is 4. The van der Waals surface area contributed by atoms with E-state index < -0.39 is 17.7 Å². The standard InChI is InChI=1S/C43H53N7O6/c1-10-25(5)49(40(51)37(23(2)3)48-41(52)54-9)21-36-44-19-33(45-36)27-11-13-29-28(16-27)22-55-35-18-30-26(17-31(29)35)12-14-32-38(30)47-39(46-32)34-15-24(4)20-50(34)42(53)56-43(6,7)8/h11-14,16-19,23-25,34,37H,10,15,20-22H2,1-9H3,(H,44,45)(H,46,47)(H,48,52). The second kappa shape index (κ2) is 15.2. The maximum Gasteiger partial charge on any atom is 0.410 e. The number of imidazole rings is 2. The number of ether oxygens (including phenoxy) is 3. The summed E-state index contributed by atoms with van der Waals surface area (Å²) >= 11 is 0. The van der Waals surface area contributed by atoms with Crippen molar-refractivity contribution in [3.63, 3.8) is 0 Å². The molecule has 2 aromatic heterocycles. The summed E-state index contributed by atoms with van der Waals surface area (Å²) in [7, 11) is 1.29. The van der Waals surface area contributed by atoms with Gasteiger partial charge in [0.05, 0.1) is 42.6 Å². The number of aromatic amines is 2. The molecule has 4 unspecified atom stereocenters. The fraction of sp³-hybridized carbons (Fsp3) is 0.465. The van der Waals surface area contributed by atoms with Crippen LogP contribution in [0.5, 0.6) is 5.75 Å². The quantitative estimate of drug-likeness (QED) is 0.135. The predicted molar refractivity (Wildman–Crippen MR) is 215 cm³/mol. The van der Waals surface area contributed by atoms with Crippen molar-refractivity contribution in [1.82, 2.24) is 35.1 Å². The van der Waals surface area contributed by atoms with Crippen LogP contribution in [0.25, 0.3) is 44.2 Å². The Morgan fingerprint density at radius 3 is 2.57 bits per heavy atom. The van der Waals surface area contributed by atoms with E-state index in [4.69, 9.17) is 19.2 Å². The molecule has 296 valence electrons. The van der Waals surface area contributed by atoms with Crippen molar-refractivity contribution in [2.75, 3.05) is 13.7 Å². The summed E-state index contributed by atoms with van der Waals surface area (Å²) in [5, 5.41) is 4.73. The molecule has 2 aliphatic heterocycles. The average molecular weight is 764 g/mol. The molecular weight excluding hydrogens is 711 g/mol. The number of rotatable bonds is 9. The Labute approximate surface area is 327 Å². The molecule has 0 aliphatic carbocycles. The molecule has 1 saturated heterocycles. The Hall–Kier alpha value is -5.59. The Bertz CT molecular complexity index is 2290. The van der Waals surface area contributed by atoms with Gasteiger partial charge in [0, 0.05) is 23.5 Å². The summed E-state index contributed by atoms with van der Waals surface area (Å²) in [4.78, 5) is 59.2. The normalized spacial score (nSPS) is 17.6. The highest BCUT2D eigenvalue weighted by Crippen LogP contribution is 2.43. The maximum atomic E-state index is 13.7. The fourth-order valence-electron chi connectivity index (χ4n) is 7.76. The van der Waals surface area contributed by atoms with Gasteiger partial charge in [-0.05, 0) is 98.7 Å². The first kappa shape index (κ1) is 38.7. The fourth-order valence-corrected chi connectivity index (χ4v) is 7.76. The summed E-state index contributed by atoms with van der Waals surface area (Å²) < 4.78 is 16.9. The number of carbonyl (C=O) groups excluding carboxylic acids is 3. The molecule has 5 aromatic rings. The summed E-state index contributed by atoms with van der Waals surface area (Å²) in [5.41, 5.74) is 6.11. The van der Waals surface area contributed by atoms with Crippen molar-refractivity contribution in [1.29, 1.82) is 0 Å². The SMILES string of the molecule is CCC(C)N(Cc1ncc(-c2ccc3c(c2)COc2cc4c(ccc5[nH]c(C6CC(C)CN6C(=O)OC(C)(C)C)nc54)cc2-3)[nH]1)C(=O)C(NC(=O)OC)C(C)C. The Kier molecular flexibility index (Phi) is 10.5. The van der Waals surface area contributed by atoms with E-state index in [9.17, 15) is 14.4 Å². The highest BCUT2D eigenvalue weighted by atomic mass is 16.6. The monoisotopic (exact) mass is 763 g/mol. The smallest absolute Gasteiger partial charge is 0.410 e. The van der Waals surface area contributed by atoms with E-state index in [1.54, 1.807) is 16.0 Å². The first-order valence-corrected chi connectivity index (χ1v) is 19.5. The van der Waals surface area contributed by atoms with Gasteiger partial charge >= 0.3 is 12.2 Å². The number of hydrogen-bond acceptors (Lipinski definition) is 8. The molecule has 0 radical (unpaired) electrons. The minimum atomic E-state index is -0.730. The van der Waals surface area contributed by atoms with Gasteiger partial charge < -0.3 is 34.4 Å². The first-order chi connectivity index (χ1) is 26.6. The van der Waals surface area contributed by atoms with E-state index in [-0.39, 0.29) is 36.5 Å². The maximum absolute atomic E-state index is 13.7. The van der Waals surface area contributed by atoms with Gasteiger partial charge in [0.1, 0.15) is 35.6 Å².